The van der Waals surface area contributed by atoms with Gasteiger partial charge in [0.2, 0.25) is 0 Å². The molecule has 1 saturated heterocycles. The van der Waals surface area contributed by atoms with Crippen LogP contribution < -0.4 is 0 Å². The minimum atomic E-state index is -0.165. The topological polar surface area (TPSA) is 47.4 Å². The lowest BCUT2D eigenvalue weighted by Crippen LogP contribution is -2.24. The van der Waals surface area contributed by atoms with Crippen molar-refractivity contribution in [2.24, 2.45) is 7.05 Å². The van der Waals surface area contributed by atoms with Crippen molar-refractivity contribution in [3.05, 3.63) is 22.5 Å². The van der Waals surface area contributed by atoms with Crippen molar-refractivity contribution < 1.29 is 9.63 Å². The number of nitrogens with zero attached hydrogens (tertiary/aromatic N) is 3. The van der Waals surface area contributed by atoms with Gasteiger partial charge in [0.1, 0.15) is 5.15 Å². The summed E-state index contributed by atoms with van der Waals surface area (Å²) in [5.41, 5.74) is 1.56. The zero-order valence-corrected chi connectivity index (χ0v) is 10.6. The molecule has 2 heterocycles. The Bertz CT molecular complexity index is 462. The number of rotatable bonds is 2. The first-order valence-corrected chi connectivity index (χ1v) is 5.79. The third kappa shape index (κ3) is 2.50. The van der Waals surface area contributed by atoms with Gasteiger partial charge in [-0.2, -0.15) is 5.10 Å². The Balaban J connectivity index is 2.11. The highest BCUT2D eigenvalue weighted by atomic mass is 35.5. The average Bonchev–Trinajstić information content (AvgIpc) is 2.88. The number of hydroxylamine groups is 2. The third-order valence-corrected chi connectivity index (χ3v) is 3.04. The molecule has 0 unspecified atom stereocenters. The van der Waals surface area contributed by atoms with E-state index in [2.05, 4.69) is 5.10 Å². The Hall–Kier alpha value is -1.33. The summed E-state index contributed by atoms with van der Waals surface area (Å²) >= 11 is 6.05. The van der Waals surface area contributed by atoms with Crippen molar-refractivity contribution in [1.82, 2.24) is 14.8 Å². The summed E-state index contributed by atoms with van der Waals surface area (Å²) in [5, 5.41) is 6.04. The van der Waals surface area contributed by atoms with Crippen LogP contribution in [-0.2, 0) is 16.7 Å². The van der Waals surface area contributed by atoms with Crippen LogP contribution in [0.3, 0.4) is 0 Å². The van der Waals surface area contributed by atoms with Gasteiger partial charge >= 0.3 is 0 Å². The van der Waals surface area contributed by atoms with Crippen molar-refractivity contribution in [3.8, 4) is 0 Å². The highest BCUT2D eigenvalue weighted by Crippen LogP contribution is 2.20. The molecule has 0 saturated carbocycles. The first-order valence-electron chi connectivity index (χ1n) is 5.41. The number of aryl methyl sites for hydroxylation is 2. The minimum Gasteiger partial charge on any atom is -0.271 e. The molecule has 1 aromatic rings. The predicted molar refractivity (Wildman–Crippen MR) is 64.3 cm³/mol. The third-order valence-electron chi connectivity index (χ3n) is 2.59. The van der Waals surface area contributed by atoms with E-state index in [4.69, 9.17) is 16.4 Å². The fourth-order valence-corrected chi connectivity index (χ4v) is 1.93. The van der Waals surface area contributed by atoms with E-state index in [1.165, 1.54) is 11.1 Å². The largest absolute Gasteiger partial charge is 0.271 e. The molecule has 0 bridgehead atoms. The Morgan fingerprint density at radius 1 is 1.59 bits per heavy atom. The van der Waals surface area contributed by atoms with Gasteiger partial charge in [0.05, 0.1) is 18.8 Å². The van der Waals surface area contributed by atoms with E-state index < -0.39 is 0 Å². The summed E-state index contributed by atoms with van der Waals surface area (Å²) in [6.07, 6.45) is 4.02. The van der Waals surface area contributed by atoms with Crippen LogP contribution in [-0.4, -0.2) is 33.9 Å². The first kappa shape index (κ1) is 12.1. The summed E-state index contributed by atoms with van der Waals surface area (Å²) in [6, 6.07) is 0. The zero-order valence-electron chi connectivity index (χ0n) is 9.81. The van der Waals surface area contributed by atoms with Gasteiger partial charge < -0.3 is 0 Å². The standard InChI is InChI=1S/C11H14ClN3O2/c1-8-9(11(12)14(2)13-8)4-5-10(16)15-6-3-7-17-15/h4-5H,3,6-7H2,1-2H3/b5-4+. The quantitative estimate of drug-likeness (QED) is 0.754. The van der Waals surface area contributed by atoms with Crippen LogP contribution >= 0.6 is 11.6 Å². The van der Waals surface area contributed by atoms with Gasteiger partial charge in [-0.3, -0.25) is 14.3 Å². The molecule has 6 heteroatoms. The Morgan fingerprint density at radius 3 is 2.88 bits per heavy atom. The normalized spacial score (nSPS) is 16.1. The van der Waals surface area contributed by atoms with E-state index in [-0.39, 0.29) is 5.91 Å². The van der Waals surface area contributed by atoms with Crippen LogP contribution in [0.25, 0.3) is 6.08 Å². The van der Waals surface area contributed by atoms with Crippen LogP contribution in [0, 0.1) is 6.92 Å². The molecule has 2 rings (SSSR count). The maximum Gasteiger partial charge on any atom is 0.270 e. The molecule has 1 amide bonds. The van der Waals surface area contributed by atoms with Crippen LogP contribution in [0.15, 0.2) is 6.08 Å². The summed E-state index contributed by atoms with van der Waals surface area (Å²) in [7, 11) is 1.76. The van der Waals surface area contributed by atoms with E-state index in [1.807, 2.05) is 6.92 Å². The Morgan fingerprint density at radius 2 is 2.35 bits per heavy atom. The molecule has 0 aromatic carbocycles. The molecule has 1 aliphatic heterocycles. The second-order valence-corrected chi connectivity index (χ2v) is 4.23. The van der Waals surface area contributed by atoms with Crippen molar-refractivity contribution in [3.63, 3.8) is 0 Å². The number of halogens is 1. The minimum absolute atomic E-state index is 0.165. The van der Waals surface area contributed by atoms with Crippen molar-refractivity contribution >= 4 is 23.6 Å². The van der Waals surface area contributed by atoms with Crippen LogP contribution in [0.2, 0.25) is 5.15 Å². The van der Waals surface area contributed by atoms with Gasteiger partial charge in [0.15, 0.2) is 0 Å². The van der Waals surface area contributed by atoms with Crippen LogP contribution in [0.4, 0.5) is 0 Å². The van der Waals surface area contributed by atoms with Gasteiger partial charge in [-0.25, -0.2) is 5.06 Å². The zero-order chi connectivity index (χ0) is 12.4. The van der Waals surface area contributed by atoms with Gasteiger partial charge in [-0.1, -0.05) is 11.6 Å². The average molecular weight is 256 g/mol. The maximum atomic E-state index is 11.7. The molecule has 0 N–H and O–H groups in total. The second-order valence-electron chi connectivity index (χ2n) is 3.87. The molecule has 0 atom stereocenters. The molecule has 0 radical (unpaired) electrons. The maximum absolute atomic E-state index is 11.7. The molecule has 1 aromatic heterocycles. The van der Waals surface area contributed by atoms with Gasteiger partial charge in [-0.05, 0) is 19.4 Å². The molecule has 0 aliphatic carbocycles. The number of amides is 1. The van der Waals surface area contributed by atoms with E-state index in [9.17, 15) is 4.79 Å². The Labute approximate surface area is 105 Å². The fraction of sp³-hybridized carbons (Fsp3) is 0.455. The van der Waals surface area contributed by atoms with Crippen molar-refractivity contribution in [1.29, 1.82) is 0 Å². The Kier molecular flexibility index (Phi) is 3.49. The molecule has 0 spiro atoms. The summed E-state index contributed by atoms with van der Waals surface area (Å²) in [6.45, 7) is 3.09. The van der Waals surface area contributed by atoms with E-state index in [1.54, 1.807) is 17.8 Å². The number of carbonyl (C=O) groups is 1. The molecule has 1 aliphatic rings. The molecular formula is C11H14ClN3O2. The summed E-state index contributed by atoms with van der Waals surface area (Å²) < 4.78 is 1.58. The molecule has 1 fully saturated rings. The predicted octanol–water partition coefficient (Wildman–Crippen LogP) is 1.56. The lowest BCUT2D eigenvalue weighted by atomic mass is 10.2. The second kappa shape index (κ2) is 4.89. The monoisotopic (exact) mass is 255 g/mol. The SMILES string of the molecule is Cc1nn(C)c(Cl)c1/C=C/C(=O)N1CCCO1. The number of hydrogen-bond acceptors (Lipinski definition) is 3. The number of aromatic nitrogens is 2. The number of carbonyl (C=O) groups excluding carboxylic acids is 1. The summed E-state index contributed by atoms with van der Waals surface area (Å²) in [4.78, 5) is 16.8. The van der Waals surface area contributed by atoms with Crippen LogP contribution in [0.5, 0.6) is 0 Å². The molecule has 92 valence electrons. The lowest BCUT2D eigenvalue weighted by molar-refractivity contribution is -0.162. The van der Waals surface area contributed by atoms with Crippen molar-refractivity contribution in [2.45, 2.75) is 13.3 Å². The van der Waals surface area contributed by atoms with E-state index in [0.717, 1.165) is 17.7 Å². The van der Waals surface area contributed by atoms with Gasteiger partial charge in [0, 0.05) is 18.7 Å². The highest BCUT2D eigenvalue weighted by Gasteiger charge is 2.17. The van der Waals surface area contributed by atoms with Crippen molar-refractivity contribution in [2.75, 3.05) is 13.2 Å². The van der Waals surface area contributed by atoms with E-state index in [0.29, 0.717) is 18.3 Å². The fourth-order valence-electron chi connectivity index (χ4n) is 1.69. The summed E-state index contributed by atoms with van der Waals surface area (Å²) in [5.74, 6) is -0.165. The molecular weight excluding hydrogens is 242 g/mol. The van der Waals surface area contributed by atoms with Crippen LogP contribution in [0.1, 0.15) is 17.7 Å². The lowest BCUT2D eigenvalue weighted by Gasteiger charge is -2.10. The smallest absolute Gasteiger partial charge is 0.270 e. The number of hydrogen-bond donors (Lipinski definition) is 0. The first-order chi connectivity index (χ1) is 8.09. The molecule has 5 nitrogen and oxygen atoms in total. The van der Waals surface area contributed by atoms with Gasteiger partial charge in [0.25, 0.3) is 5.91 Å². The molecule has 17 heavy (non-hydrogen) atoms. The highest BCUT2D eigenvalue weighted by molar-refractivity contribution is 6.31. The van der Waals surface area contributed by atoms with E-state index >= 15 is 0 Å². The van der Waals surface area contributed by atoms with Gasteiger partial charge in [-0.15, -0.1) is 0 Å².